The minimum atomic E-state index is -0.747. The highest BCUT2D eigenvalue weighted by Gasteiger charge is 2.21. The summed E-state index contributed by atoms with van der Waals surface area (Å²) in [6, 6.07) is 16.8. The number of non-ortho nitro benzene ring substituents is 1. The van der Waals surface area contributed by atoms with Gasteiger partial charge in [0.1, 0.15) is 5.75 Å². The fraction of sp³-hybridized carbons (Fsp3) is 0.167. The summed E-state index contributed by atoms with van der Waals surface area (Å²) in [5, 5.41) is 26.0. The third-order valence-electron chi connectivity index (χ3n) is 4.85. The van der Waals surface area contributed by atoms with E-state index in [0.717, 1.165) is 17.7 Å². The number of hydrogen-bond donors (Lipinski definition) is 1. The van der Waals surface area contributed by atoms with E-state index in [-0.39, 0.29) is 22.8 Å². The van der Waals surface area contributed by atoms with Crippen LogP contribution < -0.4 is 10.2 Å². The first-order valence-corrected chi connectivity index (χ1v) is 10.2. The molecule has 0 aliphatic heterocycles. The number of hydrogen-bond acceptors (Lipinski definition) is 7. The average Bonchev–Trinajstić information content (AvgIpc) is 2.79. The highest BCUT2D eigenvalue weighted by atomic mass is 16.6. The fourth-order valence-electron chi connectivity index (χ4n) is 2.95. The molecule has 10 nitrogen and oxygen atoms in total. The third-order valence-corrected chi connectivity index (χ3v) is 4.85. The smallest absolute Gasteiger partial charge is 0.318 e. The molecule has 1 amide bonds. The maximum absolute atomic E-state index is 12.3. The number of nitro groups is 2. The molecule has 0 bridgehead atoms. The van der Waals surface area contributed by atoms with E-state index in [2.05, 4.69) is 31.3 Å². The molecule has 0 saturated carbocycles. The lowest BCUT2D eigenvalue weighted by Crippen LogP contribution is -2.18. The highest BCUT2D eigenvalue weighted by molar-refractivity contribution is 5.94. The SMILES string of the molecule is CC(C)(C)c1ccc(C(=O)N/N=C\c2ccc(Oc3ccc([N+](=O)[O-])cc3[N+](=O)[O-])cc2)cc1. The van der Waals surface area contributed by atoms with Crippen molar-refractivity contribution in [1.29, 1.82) is 0 Å². The lowest BCUT2D eigenvalue weighted by molar-refractivity contribution is -0.394. The van der Waals surface area contributed by atoms with E-state index in [4.69, 9.17) is 4.74 Å². The quantitative estimate of drug-likeness (QED) is 0.285. The van der Waals surface area contributed by atoms with Gasteiger partial charge in [0.2, 0.25) is 5.75 Å². The molecule has 34 heavy (non-hydrogen) atoms. The molecule has 0 radical (unpaired) electrons. The molecule has 174 valence electrons. The molecule has 0 unspecified atom stereocenters. The van der Waals surface area contributed by atoms with Gasteiger partial charge in [-0.1, -0.05) is 32.9 Å². The molecular weight excluding hydrogens is 440 g/mol. The maximum Gasteiger partial charge on any atom is 0.318 e. The van der Waals surface area contributed by atoms with Crippen LogP contribution in [0.15, 0.2) is 71.8 Å². The Kier molecular flexibility index (Phi) is 7.01. The number of ether oxygens (including phenoxy) is 1. The van der Waals surface area contributed by atoms with Crippen LogP contribution in [0.1, 0.15) is 42.3 Å². The van der Waals surface area contributed by atoms with Gasteiger partial charge < -0.3 is 4.74 Å². The van der Waals surface area contributed by atoms with E-state index < -0.39 is 21.2 Å². The van der Waals surface area contributed by atoms with Gasteiger partial charge in [0.25, 0.3) is 11.6 Å². The first kappa shape index (κ1) is 24.1. The molecule has 3 aromatic carbocycles. The van der Waals surface area contributed by atoms with E-state index in [1.54, 1.807) is 36.4 Å². The minimum Gasteiger partial charge on any atom is -0.450 e. The van der Waals surface area contributed by atoms with E-state index >= 15 is 0 Å². The number of nitro benzene ring substituents is 2. The summed E-state index contributed by atoms with van der Waals surface area (Å²) in [4.78, 5) is 32.9. The Labute approximate surface area is 195 Å². The summed E-state index contributed by atoms with van der Waals surface area (Å²) in [6.07, 6.45) is 1.44. The fourth-order valence-corrected chi connectivity index (χ4v) is 2.95. The van der Waals surface area contributed by atoms with Crippen molar-refractivity contribution in [3.05, 3.63) is 104 Å². The summed E-state index contributed by atoms with van der Waals surface area (Å²) in [6.45, 7) is 6.28. The van der Waals surface area contributed by atoms with Crippen LogP contribution in [0.2, 0.25) is 0 Å². The number of rotatable bonds is 7. The van der Waals surface area contributed by atoms with Gasteiger partial charge in [-0.05, 0) is 59.0 Å². The number of nitrogens with zero attached hydrogens (tertiary/aromatic N) is 3. The van der Waals surface area contributed by atoms with Crippen LogP contribution in [0.4, 0.5) is 11.4 Å². The van der Waals surface area contributed by atoms with Crippen LogP contribution in [0, 0.1) is 20.2 Å². The molecule has 3 aromatic rings. The molecule has 0 saturated heterocycles. The summed E-state index contributed by atoms with van der Waals surface area (Å²) in [5.74, 6) is -0.180. The first-order valence-electron chi connectivity index (χ1n) is 10.2. The normalized spacial score (nSPS) is 11.3. The van der Waals surface area contributed by atoms with E-state index in [1.165, 1.54) is 12.3 Å². The summed E-state index contributed by atoms with van der Waals surface area (Å²) < 4.78 is 5.52. The number of carbonyl (C=O) groups is 1. The van der Waals surface area contributed by atoms with Crippen LogP contribution in [0.3, 0.4) is 0 Å². The average molecular weight is 462 g/mol. The molecule has 1 N–H and O–H groups in total. The van der Waals surface area contributed by atoms with E-state index in [0.29, 0.717) is 11.1 Å². The minimum absolute atomic E-state index is 0.00751. The van der Waals surface area contributed by atoms with Gasteiger partial charge >= 0.3 is 5.69 Å². The standard InChI is InChI=1S/C24H22N4O6/c1-24(2,3)18-8-6-17(7-9-18)23(29)26-25-15-16-4-11-20(12-5-16)34-22-13-10-19(27(30)31)14-21(22)28(32)33/h4-15H,1-3H3,(H,26,29)/b25-15-. The first-order chi connectivity index (χ1) is 16.0. The van der Waals surface area contributed by atoms with Crippen LogP contribution >= 0.6 is 0 Å². The second-order valence-electron chi connectivity index (χ2n) is 8.36. The lowest BCUT2D eigenvalue weighted by Gasteiger charge is -2.18. The molecule has 0 aromatic heterocycles. The molecule has 10 heteroatoms. The van der Waals surface area contributed by atoms with Crippen LogP contribution in [0.5, 0.6) is 11.5 Å². The summed E-state index contributed by atoms with van der Waals surface area (Å²) >= 11 is 0. The van der Waals surface area contributed by atoms with Crippen molar-refractivity contribution in [3.8, 4) is 11.5 Å². The zero-order valence-corrected chi connectivity index (χ0v) is 18.7. The zero-order chi connectivity index (χ0) is 24.9. The molecule has 0 aliphatic carbocycles. The van der Waals surface area contributed by atoms with Gasteiger partial charge in [-0.15, -0.1) is 0 Å². The summed E-state index contributed by atoms with van der Waals surface area (Å²) in [7, 11) is 0. The Balaban J connectivity index is 1.63. The van der Waals surface area contributed by atoms with E-state index in [1.807, 2.05) is 12.1 Å². The lowest BCUT2D eigenvalue weighted by atomic mass is 9.87. The Hall–Kier alpha value is -4.60. The van der Waals surface area contributed by atoms with Crippen molar-refractivity contribution in [2.75, 3.05) is 0 Å². The molecule has 0 aliphatic rings. The van der Waals surface area contributed by atoms with Crippen LogP contribution in [0.25, 0.3) is 0 Å². The number of nitrogens with one attached hydrogen (secondary N) is 1. The number of carbonyl (C=O) groups excluding carboxylic acids is 1. The van der Waals surface area contributed by atoms with Gasteiger partial charge in [0.05, 0.1) is 22.1 Å². The predicted molar refractivity (Wildman–Crippen MR) is 126 cm³/mol. The van der Waals surface area contributed by atoms with Crippen molar-refractivity contribution >= 4 is 23.5 Å². The van der Waals surface area contributed by atoms with Gasteiger partial charge in [-0.25, -0.2) is 5.43 Å². The van der Waals surface area contributed by atoms with Crippen molar-refractivity contribution in [3.63, 3.8) is 0 Å². The van der Waals surface area contributed by atoms with Crippen molar-refractivity contribution < 1.29 is 19.4 Å². The topological polar surface area (TPSA) is 137 Å². The van der Waals surface area contributed by atoms with Gasteiger partial charge in [0.15, 0.2) is 0 Å². The Morgan fingerprint density at radius 1 is 0.941 bits per heavy atom. The van der Waals surface area contributed by atoms with Crippen molar-refractivity contribution in [1.82, 2.24) is 5.43 Å². The third kappa shape index (κ3) is 6.00. The Morgan fingerprint density at radius 3 is 2.15 bits per heavy atom. The summed E-state index contributed by atoms with van der Waals surface area (Å²) in [5.41, 5.74) is 3.79. The maximum atomic E-state index is 12.3. The molecular formula is C24H22N4O6. The number of benzene rings is 3. The van der Waals surface area contributed by atoms with Gasteiger partial charge in [0, 0.05) is 11.6 Å². The van der Waals surface area contributed by atoms with Crippen LogP contribution in [-0.4, -0.2) is 22.0 Å². The monoisotopic (exact) mass is 462 g/mol. The highest BCUT2D eigenvalue weighted by Crippen LogP contribution is 2.34. The zero-order valence-electron chi connectivity index (χ0n) is 18.7. The molecule has 0 spiro atoms. The van der Waals surface area contributed by atoms with Crippen molar-refractivity contribution in [2.24, 2.45) is 5.10 Å². The predicted octanol–water partition coefficient (Wildman–Crippen LogP) is 5.36. The van der Waals surface area contributed by atoms with Gasteiger partial charge in [-0.3, -0.25) is 25.0 Å². The van der Waals surface area contributed by atoms with E-state index in [9.17, 15) is 25.0 Å². The molecule has 0 heterocycles. The Morgan fingerprint density at radius 2 is 1.59 bits per heavy atom. The number of hydrazone groups is 1. The largest absolute Gasteiger partial charge is 0.450 e. The number of amides is 1. The molecule has 3 rings (SSSR count). The van der Waals surface area contributed by atoms with Crippen LogP contribution in [-0.2, 0) is 5.41 Å². The molecule has 0 fully saturated rings. The second-order valence-corrected chi connectivity index (χ2v) is 8.36. The molecule has 0 atom stereocenters. The Bertz CT molecular complexity index is 1250. The second kappa shape index (κ2) is 9.90. The van der Waals surface area contributed by atoms with Crippen molar-refractivity contribution in [2.45, 2.75) is 26.2 Å². The van der Waals surface area contributed by atoms with Gasteiger partial charge in [-0.2, -0.15) is 5.10 Å².